The van der Waals surface area contributed by atoms with Gasteiger partial charge in [-0.2, -0.15) is 0 Å². The van der Waals surface area contributed by atoms with Crippen molar-refractivity contribution in [1.82, 2.24) is 0 Å². The summed E-state index contributed by atoms with van der Waals surface area (Å²) in [5, 5.41) is 10.9. The van der Waals surface area contributed by atoms with Crippen LogP contribution >= 0.6 is 22.6 Å². The van der Waals surface area contributed by atoms with Crippen LogP contribution in [0.15, 0.2) is 42.5 Å². The third kappa shape index (κ3) is 3.60. The Morgan fingerprint density at radius 1 is 1.25 bits per heavy atom. The largest absolute Gasteiger partial charge is 0.496 e. The normalized spacial score (nSPS) is 10.1. The van der Waals surface area contributed by atoms with Crippen LogP contribution in [-0.4, -0.2) is 12.0 Å². The lowest BCUT2D eigenvalue weighted by Crippen LogP contribution is -1.99. The van der Waals surface area contributed by atoms with Gasteiger partial charge in [0.2, 0.25) is 0 Å². The highest BCUT2D eigenvalue weighted by molar-refractivity contribution is 14.1. The number of hydrogen-bond acceptors (Lipinski definition) is 4. The van der Waals surface area contributed by atoms with Crippen molar-refractivity contribution in [3.05, 3.63) is 61.7 Å². The summed E-state index contributed by atoms with van der Waals surface area (Å²) in [5.74, 6) is 1.19. The van der Waals surface area contributed by atoms with E-state index < -0.39 is 4.92 Å². The van der Waals surface area contributed by atoms with Crippen LogP contribution in [-0.2, 0) is 6.61 Å². The van der Waals surface area contributed by atoms with E-state index in [1.54, 1.807) is 6.07 Å². The van der Waals surface area contributed by atoms with Crippen molar-refractivity contribution >= 4 is 28.3 Å². The van der Waals surface area contributed by atoms with Crippen molar-refractivity contribution in [2.45, 2.75) is 6.61 Å². The predicted octanol–water partition coefficient (Wildman–Crippen LogP) is 3.79. The number of hydrogen-bond donors (Lipinski definition) is 0. The summed E-state index contributed by atoms with van der Waals surface area (Å²) >= 11 is 2.18. The summed E-state index contributed by atoms with van der Waals surface area (Å²) < 4.78 is 11.7. The van der Waals surface area contributed by atoms with E-state index in [2.05, 4.69) is 22.6 Å². The minimum Gasteiger partial charge on any atom is -0.496 e. The van der Waals surface area contributed by atoms with Gasteiger partial charge in [0.25, 0.3) is 5.69 Å². The number of methoxy groups -OCH3 is 1. The molecule has 0 amide bonds. The van der Waals surface area contributed by atoms with Gasteiger partial charge in [0.05, 0.1) is 21.7 Å². The Morgan fingerprint density at radius 2 is 2.00 bits per heavy atom. The molecule has 0 aromatic heterocycles. The van der Waals surface area contributed by atoms with E-state index in [-0.39, 0.29) is 12.3 Å². The molecule has 0 aliphatic rings. The average Bonchev–Trinajstić information content (AvgIpc) is 2.46. The smallest absolute Gasteiger partial charge is 0.273 e. The fourth-order valence-corrected chi connectivity index (χ4v) is 2.22. The highest BCUT2D eigenvalue weighted by Crippen LogP contribution is 2.25. The second-order valence-corrected chi connectivity index (χ2v) is 5.18. The standard InChI is InChI=1S/C14H12INO4/c1-19-12-7-10(6-11(8-12)16(17)18)9-20-14-5-3-2-4-13(14)15/h2-8H,9H2,1H3. The second-order valence-electron chi connectivity index (χ2n) is 4.02. The predicted molar refractivity (Wildman–Crippen MR) is 83.1 cm³/mol. The molecule has 2 rings (SSSR count). The summed E-state index contributed by atoms with van der Waals surface area (Å²) in [6.45, 7) is 0.248. The van der Waals surface area contributed by atoms with Crippen molar-refractivity contribution in [2.24, 2.45) is 0 Å². The molecule has 0 atom stereocenters. The van der Waals surface area contributed by atoms with Gasteiger partial charge >= 0.3 is 0 Å². The maximum absolute atomic E-state index is 10.9. The van der Waals surface area contributed by atoms with Crippen LogP contribution in [0.3, 0.4) is 0 Å². The Hall–Kier alpha value is -1.83. The highest BCUT2D eigenvalue weighted by atomic mass is 127. The van der Waals surface area contributed by atoms with Crippen LogP contribution in [0.5, 0.6) is 11.5 Å². The fourth-order valence-electron chi connectivity index (χ4n) is 1.67. The molecule has 20 heavy (non-hydrogen) atoms. The van der Waals surface area contributed by atoms with E-state index in [0.717, 1.165) is 9.32 Å². The number of ether oxygens (including phenoxy) is 2. The van der Waals surface area contributed by atoms with Gasteiger partial charge in [-0.1, -0.05) is 12.1 Å². The Bertz CT molecular complexity index is 630. The summed E-state index contributed by atoms with van der Waals surface area (Å²) in [7, 11) is 1.48. The molecule has 0 bridgehead atoms. The quantitative estimate of drug-likeness (QED) is 0.447. The maximum Gasteiger partial charge on any atom is 0.273 e. The summed E-state index contributed by atoms with van der Waals surface area (Å²) in [6.07, 6.45) is 0. The van der Waals surface area contributed by atoms with E-state index in [0.29, 0.717) is 11.3 Å². The molecule has 104 valence electrons. The van der Waals surface area contributed by atoms with Crippen molar-refractivity contribution in [2.75, 3.05) is 7.11 Å². The Balaban J connectivity index is 2.19. The Labute approximate surface area is 129 Å². The van der Waals surface area contributed by atoms with Crippen molar-refractivity contribution < 1.29 is 14.4 Å². The van der Waals surface area contributed by atoms with Crippen LogP contribution in [0.4, 0.5) is 5.69 Å². The first-order valence-corrected chi connectivity index (χ1v) is 6.87. The van der Waals surface area contributed by atoms with Crippen molar-refractivity contribution in [3.63, 3.8) is 0 Å². The first-order chi connectivity index (χ1) is 9.60. The topological polar surface area (TPSA) is 61.6 Å². The number of nitrogens with zero attached hydrogens (tertiary/aromatic N) is 1. The van der Waals surface area contributed by atoms with Crippen molar-refractivity contribution in [3.8, 4) is 11.5 Å². The van der Waals surface area contributed by atoms with Gasteiger partial charge in [0.1, 0.15) is 18.1 Å². The minimum atomic E-state index is -0.446. The molecule has 0 aliphatic carbocycles. The number of non-ortho nitro benzene ring substituents is 1. The lowest BCUT2D eigenvalue weighted by molar-refractivity contribution is -0.385. The second kappa shape index (κ2) is 6.56. The molecule has 0 fully saturated rings. The van der Waals surface area contributed by atoms with Crippen LogP contribution in [0.25, 0.3) is 0 Å². The molecule has 0 heterocycles. The van der Waals surface area contributed by atoms with Crippen LogP contribution < -0.4 is 9.47 Å². The maximum atomic E-state index is 10.9. The molecule has 6 heteroatoms. The first-order valence-electron chi connectivity index (χ1n) is 5.80. The van der Waals surface area contributed by atoms with Gasteiger partial charge in [-0.3, -0.25) is 10.1 Å². The number of para-hydroxylation sites is 1. The van der Waals surface area contributed by atoms with Gasteiger partial charge in [0, 0.05) is 6.07 Å². The van der Waals surface area contributed by atoms with E-state index >= 15 is 0 Å². The number of halogens is 1. The molecule has 0 aliphatic heterocycles. The van der Waals surface area contributed by atoms with E-state index in [4.69, 9.17) is 9.47 Å². The molecular formula is C14H12INO4. The zero-order chi connectivity index (χ0) is 14.5. The number of nitro groups is 1. The molecule has 0 radical (unpaired) electrons. The molecule has 5 nitrogen and oxygen atoms in total. The highest BCUT2D eigenvalue weighted by Gasteiger charge is 2.11. The molecular weight excluding hydrogens is 373 g/mol. The molecule has 2 aromatic rings. The van der Waals surface area contributed by atoms with Crippen LogP contribution in [0.1, 0.15) is 5.56 Å². The third-order valence-electron chi connectivity index (χ3n) is 2.63. The van der Waals surface area contributed by atoms with Gasteiger partial charge in [-0.05, 0) is 46.4 Å². The fraction of sp³-hybridized carbons (Fsp3) is 0.143. The number of benzene rings is 2. The summed E-state index contributed by atoms with van der Waals surface area (Å²) in [4.78, 5) is 10.4. The van der Waals surface area contributed by atoms with Gasteiger partial charge in [-0.15, -0.1) is 0 Å². The molecule has 0 saturated carbocycles. The number of nitro benzene ring substituents is 1. The summed E-state index contributed by atoms with van der Waals surface area (Å²) in [6, 6.07) is 12.2. The lowest BCUT2D eigenvalue weighted by atomic mass is 10.2. The third-order valence-corrected chi connectivity index (χ3v) is 3.52. The van der Waals surface area contributed by atoms with E-state index in [1.165, 1.54) is 19.2 Å². The van der Waals surface area contributed by atoms with Crippen molar-refractivity contribution in [1.29, 1.82) is 0 Å². The zero-order valence-corrected chi connectivity index (χ0v) is 12.9. The Kier molecular flexibility index (Phi) is 4.78. The molecule has 0 N–H and O–H groups in total. The molecule has 0 unspecified atom stereocenters. The average molecular weight is 385 g/mol. The van der Waals surface area contributed by atoms with E-state index in [1.807, 2.05) is 24.3 Å². The Morgan fingerprint density at radius 3 is 2.65 bits per heavy atom. The van der Waals surface area contributed by atoms with Crippen LogP contribution in [0.2, 0.25) is 0 Å². The SMILES string of the molecule is COc1cc(COc2ccccc2I)cc([N+](=O)[O-])c1. The zero-order valence-electron chi connectivity index (χ0n) is 10.7. The monoisotopic (exact) mass is 385 g/mol. The van der Waals surface area contributed by atoms with Crippen LogP contribution in [0, 0.1) is 13.7 Å². The lowest BCUT2D eigenvalue weighted by Gasteiger charge is -2.09. The first kappa shape index (κ1) is 14.6. The molecule has 0 saturated heterocycles. The number of rotatable bonds is 5. The molecule has 2 aromatic carbocycles. The minimum absolute atomic E-state index is 0.00860. The summed E-state index contributed by atoms with van der Waals surface area (Å²) in [5.41, 5.74) is 0.682. The molecule has 0 spiro atoms. The van der Waals surface area contributed by atoms with Gasteiger partial charge in [-0.25, -0.2) is 0 Å². The van der Waals surface area contributed by atoms with E-state index in [9.17, 15) is 10.1 Å². The van der Waals surface area contributed by atoms with Gasteiger partial charge < -0.3 is 9.47 Å². The van der Waals surface area contributed by atoms with Gasteiger partial charge in [0.15, 0.2) is 0 Å².